The number of sulfonamides is 1. The number of nitrogens with one attached hydrogen (secondary N) is 2. The third-order valence-electron chi connectivity index (χ3n) is 3.19. The molecule has 0 radical (unpaired) electrons. The van der Waals surface area contributed by atoms with Crippen LogP contribution in [0.5, 0.6) is 0 Å². The molecule has 1 aromatic heterocycles. The summed E-state index contributed by atoms with van der Waals surface area (Å²) in [5, 5.41) is 2.80. The SMILES string of the molecule is CNc1ccc(S(=O)(=O)NCC2CCS(=O)(=O)C2)cn1. The molecule has 112 valence electrons. The topological polar surface area (TPSA) is 105 Å². The van der Waals surface area contributed by atoms with E-state index in [2.05, 4.69) is 15.0 Å². The first-order valence-electron chi connectivity index (χ1n) is 6.16. The van der Waals surface area contributed by atoms with Gasteiger partial charge in [0.05, 0.1) is 11.5 Å². The summed E-state index contributed by atoms with van der Waals surface area (Å²) in [6, 6.07) is 3.02. The lowest BCUT2D eigenvalue weighted by Gasteiger charge is -2.10. The van der Waals surface area contributed by atoms with E-state index in [-0.39, 0.29) is 28.9 Å². The summed E-state index contributed by atoms with van der Waals surface area (Å²) in [6.07, 6.45) is 1.77. The van der Waals surface area contributed by atoms with Crippen molar-refractivity contribution in [3.05, 3.63) is 18.3 Å². The minimum absolute atomic E-state index is 0.0481. The summed E-state index contributed by atoms with van der Waals surface area (Å²) in [7, 11) is -4.95. The van der Waals surface area contributed by atoms with E-state index < -0.39 is 19.9 Å². The first kappa shape index (κ1) is 15.2. The lowest BCUT2D eigenvalue weighted by molar-refractivity contribution is 0.543. The number of rotatable bonds is 5. The summed E-state index contributed by atoms with van der Waals surface area (Å²) >= 11 is 0. The fourth-order valence-electron chi connectivity index (χ4n) is 2.03. The van der Waals surface area contributed by atoms with Crippen molar-refractivity contribution in [1.82, 2.24) is 9.71 Å². The van der Waals surface area contributed by atoms with E-state index in [1.165, 1.54) is 12.3 Å². The molecule has 0 bridgehead atoms. The number of pyridine rings is 1. The molecule has 1 aliphatic rings. The third kappa shape index (κ3) is 3.68. The smallest absolute Gasteiger partial charge is 0.242 e. The second-order valence-electron chi connectivity index (χ2n) is 4.75. The number of hydrogen-bond acceptors (Lipinski definition) is 6. The Morgan fingerprint density at radius 1 is 1.40 bits per heavy atom. The molecule has 9 heteroatoms. The van der Waals surface area contributed by atoms with Gasteiger partial charge in [0, 0.05) is 19.8 Å². The molecule has 0 spiro atoms. The van der Waals surface area contributed by atoms with E-state index >= 15 is 0 Å². The first-order chi connectivity index (χ1) is 9.32. The highest BCUT2D eigenvalue weighted by molar-refractivity contribution is 7.91. The molecule has 2 rings (SSSR count). The lowest BCUT2D eigenvalue weighted by Crippen LogP contribution is -2.30. The van der Waals surface area contributed by atoms with Gasteiger partial charge in [-0.05, 0) is 24.5 Å². The largest absolute Gasteiger partial charge is 0.373 e. The fourth-order valence-corrected chi connectivity index (χ4v) is 4.95. The molecule has 1 saturated heterocycles. The number of aromatic nitrogens is 1. The van der Waals surface area contributed by atoms with Crippen LogP contribution in [-0.2, 0) is 19.9 Å². The van der Waals surface area contributed by atoms with Crippen LogP contribution in [0.3, 0.4) is 0 Å². The number of hydrogen-bond donors (Lipinski definition) is 2. The van der Waals surface area contributed by atoms with Gasteiger partial charge in [-0.15, -0.1) is 0 Å². The van der Waals surface area contributed by atoms with Crippen molar-refractivity contribution in [2.75, 3.05) is 30.4 Å². The Bertz CT molecular complexity index is 668. The molecule has 0 aromatic carbocycles. The first-order valence-corrected chi connectivity index (χ1v) is 9.47. The van der Waals surface area contributed by atoms with Gasteiger partial charge in [0.25, 0.3) is 0 Å². The Balaban J connectivity index is 2.00. The van der Waals surface area contributed by atoms with Gasteiger partial charge >= 0.3 is 0 Å². The quantitative estimate of drug-likeness (QED) is 0.781. The number of anilines is 1. The van der Waals surface area contributed by atoms with E-state index in [9.17, 15) is 16.8 Å². The van der Waals surface area contributed by atoms with Crippen molar-refractivity contribution in [3.63, 3.8) is 0 Å². The maximum atomic E-state index is 12.0. The molecule has 2 heterocycles. The van der Waals surface area contributed by atoms with Crippen LogP contribution in [0, 0.1) is 5.92 Å². The van der Waals surface area contributed by atoms with Crippen molar-refractivity contribution in [3.8, 4) is 0 Å². The van der Waals surface area contributed by atoms with Gasteiger partial charge in [-0.2, -0.15) is 0 Å². The molecule has 0 aliphatic carbocycles. The molecule has 0 amide bonds. The molecular weight excluding hydrogens is 302 g/mol. The van der Waals surface area contributed by atoms with Gasteiger partial charge < -0.3 is 5.32 Å². The average Bonchev–Trinajstić information content (AvgIpc) is 2.76. The zero-order valence-corrected chi connectivity index (χ0v) is 12.7. The third-order valence-corrected chi connectivity index (χ3v) is 6.44. The van der Waals surface area contributed by atoms with E-state index in [1.54, 1.807) is 13.1 Å². The van der Waals surface area contributed by atoms with Gasteiger partial charge in [-0.25, -0.2) is 26.5 Å². The van der Waals surface area contributed by atoms with Crippen molar-refractivity contribution in [1.29, 1.82) is 0 Å². The Kier molecular flexibility index (Phi) is 4.31. The van der Waals surface area contributed by atoms with Crippen LogP contribution in [-0.4, -0.2) is 46.9 Å². The van der Waals surface area contributed by atoms with Crippen LogP contribution < -0.4 is 10.0 Å². The summed E-state index contributed by atoms with van der Waals surface area (Å²) in [4.78, 5) is 4.01. The Morgan fingerprint density at radius 3 is 2.65 bits per heavy atom. The minimum atomic E-state index is -3.65. The molecule has 1 unspecified atom stereocenters. The highest BCUT2D eigenvalue weighted by Crippen LogP contribution is 2.18. The standard InChI is InChI=1S/C11H17N3O4S2/c1-12-11-3-2-10(7-13-11)20(17,18)14-6-9-4-5-19(15,16)8-9/h2-3,7,9,14H,4-6,8H2,1H3,(H,12,13). The van der Waals surface area contributed by atoms with Crippen LogP contribution in [0.2, 0.25) is 0 Å². The van der Waals surface area contributed by atoms with E-state index in [4.69, 9.17) is 0 Å². The van der Waals surface area contributed by atoms with Gasteiger partial charge in [0.2, 0.25) is 10.0 Å². The van der Waals surface area contributed by atoms with E-state index in [0.717, 1.165) is 0 Å². The lowest BCUT2D eigenvalue weighted by atomic mass is 10.1. The predicted octanol–water partition coefficient (Wildman–Crippen LogP) is -0.164. The molecule has 7 nitrogen and oxygen atoms in total. The summed E-state index contributed by atoms with van der Waals surface area (Å²) < 4.78 is 49.1. The molecule has 0 saturated carbocycles. The van der Waals surface area contributed by atoms with Gasteiger partial charge in [-0.3, -0.25) is 0 Å². The van der Waals surface area contributed by atoms with Gasteiger partial charge in [0.1, 0.15) is 10.7 Å². The van der Waals surface area contributed by atoms with Crippen LogP contribution in [0.25, 0.3) is 0 Å². The maximum absolute atomic E-state index is 12.0. The number of sulfone groups is 1. The summed E-state index contributed by atoms with van der Waals surface area (Å²) in [6.45, 7) is 0.134. The molecule has 20 heavy (non-hydrogen) atoms. The average molecular weight is 319 g/mol. The Morgan fingerprint density at radius 2 is 2.15 bits per heavy atom. The van der Waals surface area contributed by atoms with Crippen molar-refractivity contribution >= 4 is 25.7 Å². The van der Waals surface area contributed by atoms with Crippen LogP contribution in [0.15, 0.2) is 23.2 Å². The van der Waals surface area contributed by atoms with Crippen molar-refractivity contribution in [2.45, 2.75) is 11.3 Å². The summed E-state index contributed by atoms with van der Waals surface area (Å²) in [5.74, 6) is 0.606. The van der Waals surface area contributed by atoms with Crippen molar-refractivity contribution < 1.29 is 16.8 Å². The maximum Gasteiger partial charge on any atom is 0.242 e. The molecule has 1 aliphatic heterocycles. The Labute approximate surface area is 118 Å². The second-order valence-corrected chi connectivity index (χ2v) is 8.75. The highest BCUT2D eigenvalue weighted by atomic mass is 32.2. The fraction of sp³-hybridized carbons (Fsp3) is 0.545. The zero-order valence-electron chi connectivity index (χ0n) is 11.0. The monoisotopic (exact) mass is 319 g/mol. The highest BCUT2D eigenvalue weighted by Gasteiger charge is 2.29. The molecule has 2 N–H and O–H groups in total. The summed E-state index contributed by atoms with van der Waals surface area (Å²) in [5.41, 5.74) is 0. The van der Waals surface area contributed by atoms with Gasteiger partial charge in [0.15, 0.2) is 9.84 Å². The Hall–Kier alpha value is -1.19. The van der Waals surface area contributed by atoms with Gasteiger partial charge in [-0.1, -0.05) is 0 Å². The normalized spacial score (nSPS) is 21.8. The second kappa shape index (κ2) is 5.66. The van der Waals surface area contributed by atoms with Crippen LogP contribution in [0.4, 0.5) is 5.82 Å². The molecule has 1 fully saturated rings. The van der Waals surface area contributed by atoms with Crippen molar-refractivity contribution in [2.24, 2.45) is 5.92 Å². The minimum Gasteiger partial charge on any atom is -0.373 e. The molecular formula is C11H17N3O4S2. The van der Waals surface area contributed by atoms with E-state index in [0.29, 0.717) is 12.2 Å². The van der Waals surface area contributed by atoms with E-state index in [1.807, 2.05) is 0 Å². The molecule has 1 atom stereocenters. The predicted molar refractivity (Wildman–Crippen MR) is 75.7 cm³/mol. The zero-order chi connectivity index (χ0) is 14.8. The number of nitrogens with zero attached hydrogens (tertiary/aromatic N) is 1. The molecule has 1 aromatic rings. The van der Waals surface area contributed by atoms with Crippen LogP contribution in [0.1, 0.15) is 6.42 Å². The van der Waals surface area contributed by atoms with Crippen LogP contribution >= 0.6 is 0 Å².